The smallest absolute Gasteiger partial charge is 0.128 e. The lowest BCUT2D eigenvalue weighted by Crippen LogP contribution is -1.95. The lowest BCUT2D eigenvalue weighted by Gasteiger charge is -2.08. The van der Waals surface area contributed by atoms with Crippen LogP contribution in [0, 0.1) is 11.3 Å². The Morgan fingerprint density at radius 2 is 2.12 bits per heavy atom. The Hall–Kier alpha value is -2.61. The first-order valence-corrected chi connectivity index (χ1v) is 4.90. The van der Waals surface area contributed by atoms with E-state index in [9.17, 15) is 0 Å². The number of nitrogen functional groups attached to an aromatic ring is 1. The molecule has 2 rings (SSSR count). The fourth-order valence-electron chi connectivity index (χ4n) is 1.50. The number of hydrogen-bond donors (Lipinski definition) is 1. The number of methoxy groups -OCH3 is 1. The van der Waals surface area contributed by atoms with Gasteiger partial charge in [-0.25, -0.2) is 9.97 Å². The molecule has 1 heterocycles. The number of hydrogen-bond acceptors (Lipinski definition) is 5. The summed E-state index contributed by atoms with van der Waals surface area (Å²) in [6.45, 7) is 0. The fourth-order valence-corrected chi connectivity index (χ4v) is 1.50. The zero-order valence-corrected chi connectivity index (χ0v) is 9.21. The lowest BCUT2D eigenvalue weighted by molar-refractivity contribution is 0.416. The summed E-state index contributed by atoms with van der Waals surface area (Å²) in [4.78, 5) is 7.94. The largest absolute Gasteiger partial charge is 0.496 e. The van der Waals surface area contributed by atoms with E-state index in [0.717, 1.165) is 5.56 Å². The van der Waals surface area contributed by atoms with Gasteiger partial charge in [0.25, 0.3) is 0 Å². The van der Waals surface area contributed by atoms with Crippen molar-refractivity contribution in [2.45, 2.75) is 0 Å². The molecule has 84 valence electrons. The van der Waals surface area contributed by atoms with Crippen LogP contribution in [-0.4, -0.2) is 17.1 Å². The average molecular weight is 226 g/mol. The standard InChI is InChI=1S/C12H10N4O/c1-17-11-3-2-8(6-13)4-9(11)10-5-12(14)16-7-15-10/h2-5,7H,1H3,(H2,14,15,16). The molecule has 0 saturated heterocycles. The fraction of sp³-hybridized carbons (Fsp3) is 0.0833. The molecule has 0 aliphatic rings. The molecule has 0 spiro atoms. The van der Waals surface area contributed by atoms with Crippen molar-refractivity contribution in [1.82, 2.24) is 9.97 Å². The van der Waals surface area contributed by atoms with Crippen molar-refractivity contribution >= 4 is 5.82 Å². The molecule has 0 saturated carbocycles. The highest BCUT2D eigenvalue weighted by Gasteiger charge is 2.08. The topological polar surface area (TPSA) is 84.8 Å². The molecule has 0 bridgehead atoms. The predicted octanol–water partition coefficient (Wildman–Crippen LogP) is 1.61. The van der Waals surface area contributed by atoms with Crippen LogP contribution >= 0.6 is 0 Å². The number of nitriles is 1. The van der Waals surface area contributed by atoms with Crippen LogP contribution < -0.4 is 10.5 Å². The summed E-state index contributed by atoms with van der Waals surface area (Å²) < 4.78 is 5.23. The normalized spacial score (nSPS) is 9.65. The number of ether oxygens (including phenoxy) is 1. The van der Waals surface area contributed by atoms with E-state index >= 15 is 0 Å². The quantitative estimate of drug-likeness (QED) is 0.840. The van der Waals surface area contributed by atoms with E-state index in [1.54, 1.807) is 31.4 Å². The van der Waals surface area contributed by atoms with Gasteiger partial charge in [0.1, 0.15) is 17.9 Å². The maximum absolute atomic E-state index is 8.88. The first-order chi connectivity index (χ1) is 8.24. The minimum Gasteiger partial charge on any atom is -0.496 e. The zero-order valence-electron chi connectivity index (χ0n) is 9.21. The number of benzene rings is 1. The molecule has 0 aliphatic heterocycles. The third-order valence-electron chi connectivity index (χ3n) is 2.29. The summed E-state index contributed by atoms with van der Waals surface area (Å²) in [7, 11) is 1.56. The molecule has 0 aliphatic carbocycles. The Labute approximate surface area is 98.5 Å². The predicted molar refractivity (Wildman–Crippen MR) is 63.1 cm³/mol. The van der Waals surface area contributed by atoms with Gasteiger partial charge in [0, 0.05) is 11.6 Å². The molecule has 0 fully saturated rings. The van der Waals surface area contributed by atoms with Crippen molar-refractivity contribution < 1.29 is 4.74 Å². The first kappa shape index (κ1) is 10.9. The van der Waals surface area contributed by atoms with Crippen LogP contribution in [-0.2, 0) is 0 Å². The van der Waals surface area contributed by atoms with E-state index in [1.807, 2.05) is 0 Å². The number of nitrogens with zero attached hydrogens (tertiary/aromatic N) is 3. The molecule has 2 N–H and O–H groups in total. The maximum atomic E-state index is 8.88. The van der Waals surface area contributed by atoms with Crippen LogP contribution in [0.4, 0.5) is 5.82 Å². The second-order valence-corrected chi connectivity index (χ2v) is 3.35. The van der Waals surface area contributed by atoms with Crippen molar-refractivity contribution in [2.75, 3.05) is 12.8 Å². The van der Waals surface area contributed by atoms with Crippen LogP contribution in [0.2, 0.25) is 0 Å². The highest BCUT2D eigenvalue weighted by molar-refractivity contribution is 5.70. The van der Waals surface area contributed by atoms with Gasteiger partial charge >= 0.3 is 0 Å². The highest BCUT2D eigenvalue weighted by atomic mass is 16.5. The first-order valence-electron chi connectivity index (χ1n) is 4.90. The number of aromatic nitrogens is 2. The van der Waals surface area contributed by atoms with Gasteiger partial charge in [-0.1, -0.05) is 0 Å². The molecule has 5 nitrogen and oxygen atoms in total. The van der Waals surface area contributed by atoms with Crippen LogP contribution in [0.5, 0.6) is 5.75 Å². The SMILES string of the molecule is COc1ccc(C#N)cc1-c1cc(N)ncn1. The van der Waals surface area contributed by atoms with E-state index in [-0.39, 0.29) is 0 Å². The Morgan fingerprint density at radius 1 is 1.29 bits per heavy atom. The van der Waals surface area contributed by atoms with Gasteiger partial charge in [-0.05, 0) is 18.2 Å². The number of rotatable bonds is 2. The molecule has 1 aromatic carbocycles. The highest BCUT2D eigenvalue weighted by Crippen LogP contribution is 2.29. The monoisotopic (exact) mass is 226 g/mol. The third-order valence-corrected chi connectivity index (χ3v) is 2.29. The van der Waals surface area contributed by atoms with Crippen molar-refractivity contribution in [3.05, 3.63) is 36.2 Å². The Morgan fingerprint density at radius 3 is 2.76 bits per heavy atom. The maximum Gasteiger partial charge on any atom is 0.128 e. The molecule has 0 atom stereocenters. The van der Waals surface area contributed by atoms with Gasteiger partial charge in [0.05, 0.1) is 24.4 Å². The molecule has 2 aromatic rings. The molecular formula is C12H10N4O. The summed E-state index contributed by atoms with van der Waals surface area (Å²) in [5.41, 5.74) is 7.49. The van der Waals surface area contributed by atoms with Crippen molar-refractivity contribution in [3.8, 4) is 23.1 Å². The summed E-state index contributed by atoms with van der Waals surface area (Å²) in [6, 6.07) is 8.84. The van der Waals surface area contributed by atoms with Gasteiger partial charge in [-0.2, -0.15) is 5.26 Å². The summed E-state index contributed by atoms with van der Waals surface area (Å²) in [5, 5.41) is 8.88. The molecule has 0 radical (unpaired) electrons. The van der Waals surface area contributed by atoms with Crippen molar-refractivity contribution in [1.29, 1.82) is 5.26 Å². The number of anilines is 1. The molecule has 1 aromatic heterocycles. The van der Waals surface area contributed by atoms with Crippen molar-refractivity contribution in [2.24, 2.45) is 0 Å². The molecule has 0 unspecified atom stereocenters. The van der Waals surface area contributed by atoms with Gasteiger partial charge in [0.2, 0.25) is 0 Å². The summed E-state index contributed by atoms with van der Waals surface area (Å²) in [5.74, 6) is 1.02. The molecular weight excluding hydrogens is 216 g/mol. The van der Waals surface area contributed by atoms with Gasteiger partial charge < -0.3 is 10.5 Å². The van der Waals surface area contributed by atoms with Gasteiger partial charge in [-0.3, -0.25) is 0 Å². The zero-order chi connectivity index (χ0) is 12.3. The molecule has 5 heteroatoms. The van der Waals surface area contributed by atoms with Gasteiger partial charge in [-0.15, -0.1) is 0 Å². The average Bonchev–Trinajstić information content (AvgIpc) is 2.38. The Balaban J connectivity index is 2.61. The van der Waals surface area contributed by atoms with Gasteiger partial charge in [0.15, 0.2) is 0 Å². The summed E-state index contributed by atoms with van der Waals surface area (Å²) in [6.07, 6.45) is 1.38. The third kappa shape index (κ3) is 2.16. The van der Waals surface area contributed by atoms with E-state index in [0.29, 0.717) is 22.8 Å². The van der Waals surface area contributed by atoms with E-state index in [1.165, 1.54) is 6.33 Å². The van der Waals surface area contributed by atoms with Crippen LogP contribution in [0.1, 0.15) is 5.56 Å². The molecule has 0 amide bonds. The lowest BCUT2D eigenvalue weighted by atomic mass is 10.1. The second kappa shape index (κ2) is 4.49. The van der Waals surface area contributed by atoms with Crippen molar-refractivity contribution in [3.63, 3.8) is 0 Å². The summed E-state index contributed by atoms with van der Waals surface area (Å²) >= 11 is 0. The Kier molecular flexibility index (Phi) is 2.88. The van der Waals surface area contributed by atoms with E-state index < -0.39 is 0 Å². The minimum atomic E-state index is 0.374. The Bertz CT molecular complexity index is 589. The van der Waals surface area contributed by atoms with Crippen LogP contribution in [0.15, 0.2) is 30.6 Å². The van der Waals surface area contributed by atoms with Crippen LogP contribution in [0.3, 0.4) is 0 Å². The minimum absolute atomic E-state index is 0.374. The molecule has 17 heavy (non-hydrogen) atoms. The second-order valence-electron chi connectivity index (χ2n) is 3.35. The number of nitrogens with two attached hydrogens (primary N) is 1. The van der Waals surface area contributed by atoms with E-state index in [4.69, 9.17) is 15.7 Å². The van der Waals surface area contributed by atoms with Crippen LogP contribution in [0.25, 0.3) is 11.3 Å². The van der Waals surface area contributed by atoms with E-state index in [2.05, 4.69) is 16.0 Å².